The van der Waals surface area contributed by atoms with Gasteiger partial charge >= 0.3 is 5.97 Å². The van der Waals surface area contributed by atoms with E-state index in [4.69, 9.17) is 14.2 Å². The van der Waals surface area contributed by atoms with Crippen molar-refractivity contribution in [3.05, 3.63) is 35.9 Å². The van der Waals surface area contributed by atoms with Crippen molar-refractivity contribution in [1.29, 1.82) is 0 Å². The first-order valence-corrected chi connectivity index (χ1v) is 10.9. The summed E-state index contributed by atoms with van der Waals surface area (Å²) in [6.45, 7) is 1.55. The number of ether oxygens (including phenoxy) is 3. The first-order valence-electron chi connectivity index (χ1n) is 9.63. The largest absolute Gasteiger partial charge is 0.469 e. The fraction of sp³-hybridized carbons (Fsp3) is 0.667. The molecule has 0 bridgehead atoms. The number of esters is 1. The fourth-order valence-electron chi connectivity index (χ4n) is 4.18. The number of hydrogen-bond donors (Lipinski definition) is 0. The van der Waals surface area contributed by atoms with Gasteiger partial charge in [-0.25, -0.2) is 0 Å². The van der Waals surface area contributed by atoms with Crippen LogP contribution in [0.25, 0.3) is 0 Å². The monoisotopic (exact) mass is 472 g/mol. The van der Waals surface area contributed by atoms with Gasteiger partial charge in [-0.2, -0.15) is 0 Å². The van der Waals surface area contributed by atoms with Crippen molar-refractivity contribution in [2.45, 2.75) is 61.3 Å². The van der Waals surface area contributed by atoms with E-state index in [2.05, 4.69) is 46.9 Å². The molecule has 5 unspecified atom stereocenters. The molecule has 1 aromatic rings. The summed E-state index contributed by atoms with van der Waals surface area (Å²) in [4.78, 5) is 11.3. The number of carbonyl (C=O) groups is 1. The van der Waals surface area contributed by atoms with Gasteiger partial charge in [0.05, 0.1) is 25.9 Å². The maximum absolute atomic E-state index is 11.3. The predicted molar refractivity (Wildman–Crippen MR) is 109 cm³/mol. The van der Waals surface area contributed by atoms with Crippen LogP contribution in [-0.2, 0) is 25.6 Å². The van der Waals surface area contributed by atoms with Crippen LogP contribution in [0, 0.1) is 11.8 Å². The number of benzene rings is 1. The molecule has 5 heteroatoms. The summed E-state index contributed by atoms with van der Waals surface area (Å²) >= 11 is 2.44. The fourth-order valence-corrected chi connectivity index (χ4v) is 4.96. The molecule has 0 aromatic heterocycles. The molecule has 1 aromatic carbocycles. The zero-order chi connectivity index (χ0) is 18.4. The Morgan fingerprint density at radius 2 is 2.08 bits per heavy atom. The Balaban J connectivity index is 1.39. The van der Waals surface area contributed by atoms with Crippen LogP contribution in [0.2, 0.25) is 0 Å². The second kappa shape index (κ2) is 10.0. The molecule has 26 heavy (non-hydrogen) atoms. The van der Waals surface area contributed by atoms with Crippen molar-refractivity contribution in [2.75, 3.05) is 13.7 Å². The number of alkyl halides is 1. The van der Waals surface area contributed by atoms with E-state index in [0.717, 1.165) is 25.9 Å². The van der Waals surface area contributed by atoms with E-state index in [1.165, 1.54) is 25.5 Å². The Hall–Kier alpha value is -0.660. The van der Waals surface area contributed by atoms with E-state index in [1.54, 1.807) is 0 Å². The molecule has 4 nitrogen and oxygen atoms in total. The second-order valence-electron chi connectivity index (χ2n) is 7.52. The molecule has 1 saturated carbocycles. The molecule has 1 aliphatic heterocycles. The number of methoxy groups -OCH3 is 1. The molecule has 0 amide bonds. The lowest BCUT2D eigenvalue weighted by molar-refractivity contribution is -0.140. The number of carbonyl (C=O) groups excluding carboxylic acids is 1. The van der Waals surface area contributed by atoms with Crippen molar-refractivity contribution in [3.63, 3.8) is 0 Å². The Labute approximate surface area is 170 Å². The Bertz CT molecular complexity index is 564. The van der Waals surface area contributed by atoms with Crippen molar-refractivity contribution in [3.8, 4) is 0 Å². The lowest BCUT2D eigenvalue weighted by Gasteiger charge is -2.30. The topological polar surface area (TPSA) is 44.8 Å². The summed E-state index contributed by atoms with van der Waals surface area (Å²) in [5, 5.41) is 0. The van der Waals surface area contributed by atoms with E-state index in [9.17, 15) is 4.79 Å². The minimum atomic E-state index is -0.127. The van der Waals surface area contributed by atoms with Gasteiger partial charge in [-0.3, -0.25) is 4.79 Å². The van der Waals surface area contributed by atoms with Gasteiger partial charge in [0.15, 0.2) is 0 Å². The van der Waals surface area contributed by atoms with E-state index in [1.807, 2.05) is 6.07 Å². The summed E-state index contributed by atoms with van der Waals surface area (Å²) in [6, 6.07) is 10.4. The lowest BCUT2D eigenvalue weighted by Crippen LogP contribution is -2.28. The molecule has 0 spiro atoms. The van der Waals surface area contributed by atoms with E-state index >= 15 is 0 Å². The van der Waals surface area contributed by atoms with Crippen LogP contribution >= 0.6 is 22.6 Å². The van der Waals surface area contributed by atoms with Gasteiger partial charge in [0.25, 0.3) is 0 Å². The lowest BCUT2D eigenvalue weighted by atomic mass is 9.79. The number of rotatable bonds is 8. The van der Waals surface area contributed by atoms with Gasteiger partial charge in [-0.05, 0) is 49.5 Å². The van der Waals surface area contributed by atoms with Crippen molar-refractivity contribution >= 4 is 28.6 Å². The highest BCUT2D eigenvalue weighted by Gasteiger charge is 2.41. The summed E-state index contributed by atoms with van der Waals surface area (Å²) in [6.07, 6.45) is 6.65. The summed E-state index contributed by atoms with van der Waals surface area (Å²) in [5.41, 5.74) is 1.24. The molecule has 2 aliphatic rings. The highest BCUT2D eigenvalue weighted by atomic mass is 127. The zero-order valence-electron chi connectivity index (χ0n) is 15.4. The van der Waals surface area contributed by atoms with Crippen LogP contribution in [0.4, 0.5) is 0 Å². The van der Waals surface area contributed by atoms with Gasteiger partial charge in [0.1, 0.15) is 0 Å². The average molecular weight is 472 g/mol. The maximum Gasteiger partial charge on any atom is 0.305 e. The molecule has 1 aliphatic carbocycles. The van der Waals surface area contributed by atoms with Gasteiger partial charge in [0.2, 0.25) is 0 Å². The quantitative estimate of drug-likeness (QED) is 0.317. The Morgan fingerprint density at radius 1 is 1.27 bits per heavy atom. The molecule has 0 N–H and O–H groups in total. The van der Waals surface area contributed by atoms with E-state index < -0.39 is 0 Å². The molecular formula is C21H29IO4. The average Bonchev–Trinajstić information content (AvgIpc) is 3.10. The predicted octanol–water partition coefficient (Wildman–Crippen LogP) is 4.53. The standard InChI is InChI=1S/C21H29IO4/c1-24-21(23)10-8-18(22)20-12-17-11-16(7-9-19(17)26-20)14-25-13-15-5-3-2-4-6-15/h2-6,16-20H,7-14H2,1H3. The third-order valence-corrected chi connectivity index (χ3v) is 7.05. The van der Waals surface area contributed by atoms with Crippen LogP contribution in [0.5, 0.6) is 0 Å². The number of fused-ring (bicyclic) bond motifs is 1. The van der Waals surface area contributed by atoms with Gasteiger partial charge < -0.3 is 14.2 Å². The molecule has 2 fully saturated rings. The molecule has 3 rings (SSSR count). The molecule has 1 heterocycles. The SMILES string of the molecule is COC(=O)CCC(I)C1CC2CC(COCc3ccccc3)CCC2O1. The minimum Gasteiger partial charge on any atom is -0.469 e. The van der Waals surface area contributed by atoms with Crippen LogP contribution in [0.1, 0.15) is 44.1 Å². The van der Waals surface area contributed by atoms with Crippen molar-refractivity contribution < 1.29 is 19.0 Å². The Morgan fingerprint density at radius 3 is 2.85 bits per heavy atom. The summed E-state index contributed by atoms with van der Waals surface area (Å²) in [7, 11) is 1.45. The third-order valence-electron chi connectivity index (χ3n) is 5.63. The maximum atomic E-state index is 11.3. The highest BCUT2D eigenvalue weighted by molar-refractivity contribution is 14.1. The summed E-state index contributed by atoms with van der Waals surface area (Å²) < 4.78 is 17.4. The van der Waals surface area contributed by atoms with Gasteiger partial charge in [0, 0.05) is 17.0 Å². The Kier molecular flexibility index (Phi) is 7.76. The minimum absolute atomic E-state index is 0.127. The van der Waals surface area contributed by atoms with Crippen LogP contribution in [-0.4, -0.2) is 35.8 Å². The normalized spacial score (nSPS) is 29.2. The molecule has 5 atom stereocenters. The first-order chi connectivity index (χ1) is 12.7. The second-order valence-corrected chi connectivity index (χ2v) is 9.12. The number of hydrogen-bond acceptors (Lipinski definition) is 4. The van der Waals surface area contributed by atoms with Crippen molar-refractivity contribution in [2.24, 2.45) is 11.8 Å². The van der Waals surface area contributed by atoms with E-state index in [0.29, 0.717) is 34.9 Å². The molecule has 1 saturated heterocycles. The first kappa shape index (κ1) is 20.1. The van der Waals surface area contributed by atoms with Crippen LogP contribution in [0.15, 0.2) is 30.3 Å². The van der Waals surface area contributed by atoms with Gasteiger partial charge in [-0.15, -0.1) is 0 Å². The molecule has 0 radical (unpaired) electrons. The van der Waals surface area contributed by atoms with Crippen molar-refractivity contribution in [1.82, 2.24) is 0 Å². The third kappa shape index (κ3) is 5.67. The van der Waals surface area contributed by atoms with Crippen LogP contribution in [0.3, 0.4) is 0 Å². The van der Waals surface area contributed by atoms with Crippen LogP contribution < -0.4 is 0 Å². The number of halogens is 1. The van der Waals surface area contributed by atoms with E-state index in [-0.39, 0.29) is 12.1 Å². The van der Waals surface area contributed by atoms with Gasteiger partial charge in [-0.1, -0.05) is 52.9 Å². The summed E-state index contributed by atoms with van der Waals surface area (Å²) in [5.74, 6) is 1.16. The molecule has 144 valence electrons. The molecular weight excluding hydrogens is 443 g/mol. The zero-order valence-corrected chi connectivity index (χ0v) is 17.6. The highest BCUT2D eigenvalue weighted by Crippen LogP contribution is 2.42. The smallest absolute Gasteiger partial charge is 0.305 e.